The molecule has 1 fully saturated rings. The van der Waals surface area contributed by atoms with Crippen LogP contribution in [0.2, 0.25) is 5.02 Å². The molecule has 1 aliphatic rings. The third-order valence-electron chi connectivity index (χ3n) is 4.46. The van der Waals surface area contributed by atoms with Crippen molar-refractivity contribution in [2.24, 2.45) is 0 Å². The van der Waals surface area contributed by atoms with Crippen LogP contribution < -0.4 is 9.64 Å². The van der Waals surface area contributed by atoms with E-state index in [1.165, 1.54) is 12.1 Å². The van der Waals surface area contributed by atoms with Crippen LogP contribution in [-0.4, -0.2) is 37.0 Å². The minimum atomic E-state index is -0.311. The summed E-state index contributed by atoms with van der Waals surface area (Å²) in [5, 5.41) is 0.640. The van der Waals surface area contributed by atoms with Gasteiger partial charge in [-0.2, -0.15) is 0 Å². The molecule has 0 spiro atoms. The van der Waals surface area contributed by atoms with Crippen molar-refractivity contribution in [3.05, 3.63) is 58.9 Å². The zero-order valence-corrected chi connectivity index (χ0v) is 15.0. The number of nitrogens with zero attached hydrogens (tertiary/aromatic N) is 2. The Morgan fingerprint density at radius 3 is 2.64 bits per heavy atom. The first-order valence-electron chi connectivity index (χ1n) is 8.10. The zero-order chi connectivity index (χ0) is 18.0. The molecule has 1 atom stereocenters. The number of hydrogen-bond donors (Lipinski definition) is 0. The number of methoxy groups -OCH3 is 1. The van der Waals surface area contributed by atoms with Gasteiger partial charge in [0.1, 0.15) is 11.6 Å². The summed E-state index contributed by atoms with van der Waals surface area (Å²) in [7, 11) is 1.56. The van der Waals surface area contributed by atoms with Crippen molar-refractivity contribution in [3.8, 4) is 5.75 Å². The fourth-order valence-corrected chi connectivity index (χ4v) is 3.19. The molecule has 0 radical (unpaired) electrons. The van der Waals surface area contributed by atoms with Crippen molar-refractivity contribution in [1.29, 1.82) is 0 Å². The summed E-state index contributed by atoms with van der Waals surface area (Å²) in [5.74, 6) is 0.326. The lowest BCUT2D eigenvalue weighted by Crippen LogP contribution is -2.54. The van der Waals surface area contributed by atoms with E-state index in [9.17, 15) is 9.18 Å². The van der Waals surface area contributed by atoms with Gasteiger partial charge >= 0.3 is 0 Å². The average Bonchev–Trinajstić information content (AvgIpc) is 2.59. The SMILES string of the molecule is COc1ccc(F)cc1CN1CC(=O)N(c2ccc(Cl)cc2)C[C@H]1C. The molecule has 25 heavy (non-hydrogen) atoms. The molecule has 0 aromatic heterocycles. The van der Waals surface area contributed by atoms with Crippen LogP contribution in [-0.2, 0) is 11.3 Å². The Labute approximate surface area is 151 Å². The number of piperazine rings is 1. The fraction of sp³-hybridized carbons (Fsp3) is 0.316. The molecule has 1 amide bonds. The standard InChI is InChI=1S/C19H20ClFN2O2/c1-13-10-23(17-6-3-15(20)4-7-17)19(24)12-22(13)11-14-9-16(21)5-8-18(14)25-2/h3-9,13H,10-12H2,1-2H3/t13-/m1/s1. The van der Waals surface area contributed by atoms with E-state index in [0.717, 1.165) is 11.3 Å². The summed E-state index contributed by atoms with van der Waals surface area (Å²) in [6.45, 7) is 3.35. The summed E-state index contributed by atoms with van der Waals surface area (Å²) >= 11 is 5.92. The molecule has 1 saturated heterocycles. The predicted octanol–water partition coefficient (Wildman–Crippen LogP) is 3.73. The second kappa shape index (κ2) is 7.42. The molecule has 4 nitrogen and oxygen atoms in total. The average molecular weight is 363 g/mol. The van der Waals surface area contributed by atoms with Crippen molar-refractivity contribution in [2.45, 2.75) is 19.5 Å². The maximum Gasteiger partial charge on any atom is 0.241 e. The first-order valence-corrected chi connectivity index (χ1v) is 8.48. The van der Waals surface area contributed by atoms with Crippen LogP contribution in [0.5, 0.6) is 5.75 Å². The number of hydrogen-bond acceptors (Lipinski definition) is 3. The van der Waals surface area contributed by atoms with Crippen LogP contribution >= 0.6 is 11.6 Å². The molecule has 0 unspecified atom stereocenters. The number of carbonyl (C=O) groups is 1. The maximum atomic E-state index is 13.6. The van der Waals surface area contributed by atoms with Gasteiger partial charge in [-0.1, -0.05) is 11.6 Å². The van der Waals surface area contributed by atoms with Gasteiger partial charge in [-0.3, -0.25) is 9.69 Å². The van der Waals surface area contributed by atoms with E-state index in [4.69, 9.17) is 16.3 Å². The van der Waals surface area contributed by atoms with Gasteiger partial charge in [0.05, 0.1) is 13.7 Å². The molecule has 0 aliphatic carbocycles. The van der Waals surface area contributed by atoms with E-state index >= 15 is 0 Å². The molecule has 0 saturated carbocycles. The van der Waals surface area contributed by atoms with E-state index in [-0.39, 0.29) is 24.3 Å². The van der Waals surface area contributed by atoms with Gasteiger partial charge in [-0.05, 0) is 49.4 Å². The van der Waals surface area contributed by atoms with Crippen LogP contribution in [0.25, 0.3) is 0 Å². The highest BCUT2D eigenvalue weighted by Gasteiger charge is 2.30. The Kier molecular flexibility index (Phi) is 5.25. The van der Waals surface area contributed by atoms with Crippen molar-refractivity contribution in [3.63, 3.8) is 0 Å². The summed E-state index contributed by atoms with van der Waals surface area (Å²) in [6.07, 6.45) is 0. The third-order valence-corrected chi connectivity index (χ3v) is 4.72. The van der Waals surface area contributed by atoms with Crippen molar-refractivity contribution in [1.82, 2.24) is 4.90 Å². The number of halogens is 2. The minimum absolute atomic E-state index is 0.00999. The van der Waals surface area contributed by atoms with Crippen LogP contribution in [0.4, 0.5) is 10.1 Å². The number of rotatable bonds is 4. The van der Waals surface area contributed by atoms with Gasteiger partial charge in [0.25, 0.3) is 0 Å². The van der Waals surface area contributed by atoms with E-state index < -0.39 is 0 Å². The van der Waals surface area contributed by atoms with Crippen molar-refractivity contribution in [2.75, 3.05) is 25.1 Å². The normalized spacial score (nSPS) is 18.5. The highest BCUT2D eigenvalue weighted by Crippen LogP contribution is 2.26. The van der Waals surface area contributed by atoms with Gasteiger partial charge in [0.2, 0.25) is 5.91 Å². The second-order valence-corrected chi connectivity index (χ2v) is 6.63. The molecule has 1 aliphatic heterocycles. The van der Waals surface area contributed by atoms with Gasteiger partial charge < -0.3 is 9.64 Å². The largest absolute Gasteiger partial charge is 0.496 e. The third kappa shape index (κ3) is 3.94. The smallest absolute Gasteiger partial charge is 0.241 e. The lowest BCUT2D eigenvalue weighted by Gasteiger charge is -2.39. The molecule has 2 aromatic rings. The van der Waals surface area contributed by atoms with E-state index in [1.54, 1.807) is 30.2 Å². The van der Waals surface area contributed by atoms with Crippen LogP contribution in [0.1, 0.15) is 12.5 Å². The predicted molar refractivity (Wildman–Crippen MR) is 96.6 cm³/mol. The van der Waals surface area contributed by atoms with Gasteiger partial charge in [-0.15, -0.1) is 0 Å². The highest BCUT2D eigenvalue weighted by molar-refractivity contribution is 6.30. The van der Waals surface area contributed by atoms with Crippen molar-refractivity contribution < 1.29 is 13.9 Å². The highest BCUT2D eigenvalue weighted by atomic mass is 35.5. The maximum absolute atomic E-state index is 13.6. The van der Waals surface area contributed by atoms with Gasteiger partial charge in [0, 0.05) is 35.4 Å². The number of anilines is 1. The summed E-state index contributed by atoms with van der Waals surface area (Å²) < 4.78 is 18.9. The zero-order valence-electron chi connectivity index (χ0n) is 14.2. The first-order chi connectivity index (χ1) is 12.0. The molecule has 0 bridgehead atoms. The number of amides is 1. The summed E-state index contributed by atoms with van der Waals surface area (Å²) in [6, 6.07) is 11.8. The number of ether oxygens (including phenoxy) is 1. The minimum Gasteiger partial charge on any atom is -0.496 e. The first kappa shape index (κ1) is 17.7. The molecular weight excluding hydrogens is 343 g/mol. The lowest BCUT2D eigenvalue weighted by molar-refractivity contribution is -0.122. The summed E-state index contributed by atoms with van der Waals surface area (Å²) in [4.78, 5) is 16.4. The Morgan fingerprint density at radius 2 is 1.96 bits per heavy atom. The fourth-order valence-electron chi connectivity index (χ4n) is 3.07. The molecule has 0 N–H and O–H groups in total. The van der Waals surface area contributed by atoms with Crippen molar-refractivity contribution >= 4 is 23.2 Å². The molecule has 2 aromatic carbocycles. The molecular formula is C19H20ClFN2O2. The Bertz CT molecular complexity index is 767. The molecule has 132 valence electrons. The van der Waals surface area contributed by atoms with Gasteiger partial charge in [0.15, 0.2) is 0 Å². The number of benzene rings is 2. The lowest BCUT2D eigenvalue weighted by atomic mass is 10.1. The summed E-state index contributed by atoms with van der Waals surface area (Å²) in [5.41, 5.74) is 1.58. The monoisotopic (exact) mass is 362 g/mol. The molecule has 6 heteroatoms. The van der Waals surface area contributed by atoms with E-state index in [1.807, 2.05) is 17.0 Å². The van der Waals surface area contributed by atoms with Crippen LogP contribution in [0.3, 0.4) is 0 Å². The molecule has 3 rings (SSSR count). The van der Waals surface area contributed by atoms with Gasteiger partial charge in [-0.25, -0.2) is 4.39 Å². The Hall–Kier alpha value is -2.11. The topological polar surface area (TPSA) is 32.8 Å². The second-order valence-electron chi connectivity index (χ2n) is 6.19. The molecule has 1 heterocycles. The van der Waals surface area contributed by atoms with Crippen LogP contribution in [0.15, 0.2) is 42.5 Å². The Balaban J connectivity index is 1.75. The Morgan fingerprint density at radius 1 is 1.24 bits per heavy atom. The van der Waals surface area contributed by atoms with E-state index in [0.29, 0.717) is 23.9 Å². The van der Waals surface area contributed by atoms with Crippen LogP contribution in [0, 0.1) is 5.82 Å². The number of carbonyl (C=O) groups excluding carboxylic acids is 1. The van der Waals surface area contributed by atoms with E-state index in [2.05, 4.69) is 6.92 Å². The quantitative estimate of drug-likeness (QED) is 0.831.